The highest BCUT2D eigenvalue weighted by atomic mass is 32.2. The van der Waals surface area contributed by atoms with Crippen LogP contribution in [0.1, 0.15) is 41.0 Å². The summed E-state index contributed by atoms with van der Waals surface area (Å²) >= 11 is 0. The van der Waals surface area contributed by atoms with E-state index in [0.717, 1.165) is 6.42 Å². The fourth-order valence-corrected chi connectivity index (χ4v) is 3.24. The monoisotopic (exact) mass is 206 g/mol. The van der Waals surface area contributed by atoms with Crippen molar-refractivity contribution < 1.29 is 8.42 Å². The molecule has 13 heavy (non-hydrogen) atoms. The second-order valence-electron chi connectivity index (χ2n) is 4.29. The number of sulfone groups is 1. The third kappa shape index (κ3) is 4.12. The van der Waals surface area contributed by atoms with E-state index in [1.54, 1.807) is 0 Å². The van der Waals surface area contributed by atoms with E-state index in [1.807, 2.05) is 34.6 Å². The van der Waals surface area contributed by atoms with Gasteiger partial charge in [0.2, 0.25) is 0 Å². The molecule has 0 aliphatic heterocycles. The Balaban J connectivity index is 4.41. The Morgan fingerprint density at radius 2 is 1.54 bits per heavy atom. The van der Waals surface area contributed by atoms with Crippen molar-refractivity contribution in [3.8, 4) is 0 Å². The number of hydrogen-bond donors (Lipinski definition) is 0. The molecule has 0 amide bonds. The summed E-state index contributed by atoms with van der Waals surface area (Å²) in [5.41, 5.74) is 0. The van der Waals surface area contributed by atoms with Gasteiger partial charge in [-0.05, 0) is 18.8 Å². The standard InChI is InChI=1S/C10H22O2S/c1-6-9(4)7-13(11,12)10(5)8(2)3/h8-10H,6-7H2,1-5H3. The zero-order chi connectivity index (χ0) is 10.6. The minimum Gasteiger partial charge on any atom is -0.229 e. The van der Waals surface area contributed by atoms with Crippen molar-refractivity contribution in [2.75, 3.05) is 5.75 Å². The zero-order valence-corrected chi connectivity index (χ0v) is 10.2. The SMILES string of the molecule is CCC(C)CS(=O)(=O)C(C)C(C)C. The molecule has 0 aromatic rings. The first kappa shape index (κ1) is 12.9. The lowest BCUT2D eigenvalue weighted by Crippen LogP contribution is -2.28. The molecule has 0 aromatic carbocycles. The van der Waals surface area contributed by atoms with Crippen LogP contribution in [0, 0.1) is 11.8 Å². The van der Waals surface area contributed by atoms with Gasteiger partial charge in [-0.25, -0.2) is 8.42 Å². The lowest BCUT2D eigenvalue weighted by atomic mass is 10.1. The van der Waals surface area contributed by atoms with Crippen molar-refractivity contribution in [2.24, 2.45) is 11.8 Å². The molecule has 0 rings (SSSR count). The number of rotatable bonds is 5. The van der Waals surface area contributed by atoms with Crippen molar-refractivity contribution in [2.45, 2.75) is 46.3 Å². The molecule has 80 valence electrons. The summed E-state index contributed by atoms with van der Waals surface area (Å²) in [5.74, 6) is 0.836. The maximum Gasteiger partial charge on any atom is 0.153 e. The van der Waals surface area contributed by atoms with Crippen LogP contribution in [-0.2, 0) is 9.84 Å². The molecule has 2 atom stereocenters. The van der Waals surface area contributed by atoms with Crippen molar-refractivity contribution in [1.29, 1.82) is 0 Å². The van der Waals surface area contributed by atoms with Gasteiger partial charge < -0.3 is 0 Å². The van der Waals surface area contributed by atoms with Crippen molar-refractivity contribution in [3.05, 3.63) is 0 Å². The van der Waals surface area contributed by atoms with Crippen LogP contribution in [0.2, 0.25) is 0 Å². The van der Waals surface area contributed by atoms with Gasteiger partial charge in [-0.3, -0.25) is 0 Å². The van der Waals surface area contributed by atoms with Gasteiger partial charge in [0.15, 0.2) is 9.84 Å². The molecule has 0 aliphatic rings. The van der Waals surface area contributed by atoms with Crippen molar-refractivity contribution >= 4 is 9.84 Å². The minimum atomic E-state index is -2.87. The first-order chi connectivity index (χ1) is 5.81. The molecule has 2 nitrogen and oxygen atoms in total. The predicted octanol–water partition coefficient (Wildman–Crippen LogP) is 2.49. The third-order valence-electron chi connectivity index (χ3n) is 2.72. The van der Waals surface area contributed by atoms with Gasteiger partial charge in [-0.1, -0.05) is 34.1 Å². The van der Waals surface area contributed by atoms with E-state index in [9.17, 15) is 8.42 Å². The van der Waals surface area contributed by atoms with E-state index < -0.39 is 9.84 Å². The van der Waals surface area contributed by atoms with Gasteiger partial charge >= 0.3 is 0 Å². The maximum atomic E-state index is 11.7. The quantitative estimate of drug-likeness (QED) is 0.692. The van der Waals surface area contributed by atoms with E-state index in [4.69, 9.17) is 0 Å². The molecule has 0 bridgehead atoms. The molecule has 0 saturated heterocycles. The maximum absolute atomic E-state index is 11.7. The van der Waals surface area contributed by atoms with E-state index in [1.165, 1.54) is 0 Å². The second-order valence-corrected chi connectivity index (χ2v) is 6.69. The lowest BCUT2D eigenvalue weighted by molar-refractivity contribution is 0.526. The molecule has 0 radical (unpaired) electrons. The Labute approximate surface area is 82.6 Å². The summed E-state index contributed by atoms with van der Waals surface area (Å²) in [7, 11) is -2.87. The molecule has 0 aromatic heterocycles. The van der Waals surface area contributed by atoms with Gasteiger partial charge in [0.25, 0.3) is 0 Å². The molecule has 3 heteroatoms. The predicted molar refractivity (Wildman–Crippen MR) is 57.5 cm³/mol. The largest absolute Gasteiger partial charge is 0.229 e. The van der Waals surface area contributed by atoms with Crippen molar-refractivity contribution in [3.63, 3.8) is 0 Å². The summed E-state index contributed by atoms with van der Waals surface area (Å²) in [6.45, 7) is 9.74. The molecule has 0 N–H and O–H groups in total. The number of hydrogen-bond acceptors (Lipinski definition) is 2. The first-order valence-electron chi connectivity index (χ1n) is 5.02. The average Bonchev–Trinajstić information content (AvgIpc) is 2.01. The molecule has 0 saturated carbocycles. The highest BCUT2D eigenvalue weighted by Crippen LogP contribution is 2.16. The van der Waals surface area contributed by atoms with E-state index in [0.29, 0.717) is 5.75 Å². The van der Waals surface area contributed by atoms with Crippen LogP contribution in [0.25, 0.3) is 0 Å². The van der Waals surface area contributed by atoms with Crippen LogP contribution in [0.5, 0.6) is 0 Å². The van der Waals surface area contributed by atoms with Crippen LogP contribution in [-0.4, -0.2) is 19.4 Å². The fourth-order valence-electron chi connectivity index (χ4n) is 1.08. The van der Waals surface area contributed by atoms with Gasteiger partial charge in [-0.2, -0.15) is 0 Å². The fraction of sp³-hybridized carbons (Fsp3) is 1.00. The normalized spacial score (nSPS) is 17.4. The minimum absolute atomic E-state index is 0.207. The smallest absolute Gasteiger partial charge is 0.153 e. The molecular formula is C10H22O2S. The Morgan fingerprint density at radius 3 is 1.85 bits per heavy atom. The summed E-state index contributed by atoms with van der Waals surface area (Å²) in [5, 5.41) is -0.207. The molecule has 0 aliphatic carbocycles. The van der Waals surface area contributed by atoms with Crippen LogP contribution < -0.4 is 0 Å². The molecule has 0 heterocycles. The van der Waals surface area contributed by atoms with Crippen LogP contribution in [0.4, 0.5) is 0 Å². The Hall–Kier alpha value is -0.0500. The lowest BCUT2D eigenvalue weighted by Gasteiger charge is -2.18. The molecular weight excluding hydrogens is 184 g/mol. The van der Waals surface area contributed by atoms with E-state index >= 15 is 0 Å². The van der Waals surface area contributed by atoms with Crippen LogP contribution in [0.3, 0.4) is 0 Å². The average molecular weight is 206 g/mol. The van der Waals surface area contributed by atoms with Gasteiger partial charge in [0.05, 0.1) is 11.0 Å². The Bertz CT molecular complexity index is 229. The van der Waals surface area contributed by atoms with Gasteiger partial charge in [-0.15, -0.1) is 0 Å². The second kappa shape index (κ2) is 4.99. The third-order valence-corrected chi connectivity index (χ3v) is 5.43. The van der Waals surface area contributed by atoms with Crippen LogP contribution >= 0.6 is 0 Å². The van der Waals surface area contributed by atoms with Crippen LogP contribution in [0.15, 0.2) is 0 Å². The molecule has 0 spiro atoms. The zero-order valence-electron chi connectivity index (χ0n) is 9.37. The summed E-state index contributed by atoms with van der Waals surface area (Å²) < 4.78 is 23.5. The van der Waals surface area contributed by atoms with Gasteiger partial charge in [0.1, 0.15) is 0 Å². The summed E-state index contributed by atoms with van der Waals surface area (Å²) in [6, 6.07) is 0. The first-order valence-corrected chi connectivity index (χ1v) is 6.74. The highest BCUT2D eigenvalue weighted by Gasteiger charge is 2.25. The Morgan fingerprint density at radius 1 is 1.08 bits per heavy atom. The highest BCUT2D eigenvalue weighted by molar-refractivity contribution is 7.92. The van der Waals surface area contributed by atoms with E-state index in [-0.39, 0.29) is 17.1 Å². The summed E-state index contributed by atoms with van der Waals surface area (Å²) in [6.07, 6.45) is 0.935. The molecule has 0 fully saturated rings. The topological polar surface area (TPSA) is 34.1 Å². The Kier molecular flexibility index (Phi) is 4.97. The van der Waals surface area contributed by atoms with Crippen molar-refractivity contribution in [1.82, 2.24) is 0 Å². The van der Waals surface area contributed by atoms with Gasteiger partial charge in [0, 0.05) is 0 Å². The van der Waals surface area contributed by atoms with E-state index in [2.05, 4.69) is 0 Å². The molecule has 2 unspecified atom stereocenters. The summed E-state index contributed by atoms with van der Waals surface area (Å²) in [4.78, 5) is 0.